The van der Waals surface area contributed by atoms with Gasteiger partial charge >= 0.3 is 45.2 Å². The summed E-state index contributed by atoms with van der Waals surface area (Å²) >= 11 is 0. The molecule has 0 saturated heterocycles. The van der Waals surface area contributed by atoms with Gasteiger partial charge < -0.3 is 21.7 Å². The Balaban J connectivity index is 0.000000454. The maximum Gasteiger partial charge on any atom is 0.362 e. The van der Waals surface area contributed by atoms with Crippen LogP contribution in [0.4, 0.5) is 24.6 Å². The minimum absolute atomic E-state index is 0.496. The quantitative estimate of drug-likeness (QED) is 0.290. The summed E-state index contributed by atoms with van der Waals surface area (Å²) in [7, 11) is -10.8. The molecule has 0 aliphatic heterocycles. The maximum absolute atomic E-state index is 10.8. The predicted molar refractivity (Wildman–Crippen MR) is 101 cm³/mol. The minimum atomic E-state index is -10.8. The number of rotatable bonds is 6. The maximum atomic E-state index is 10.4. The van der Waals surface area contributed by atoms with Crippen molar-refractivity contribution in [3.63, 3.8) is 0 Å². The van der Waals surface area contributed by atoms with Crippen LogP contribution in [0.1, 0.15) is 11.1 Å². The summed E-state index contributed by atoms with van der Waals surface area (Å²) < 4.78 is 59.3. The molecular formula is C18H24F6N2O4Si. The number of hydrogen-bond donors (Lipinski definition) is 4. The molecule has 0 unspecified atom stereocenters. The van der Waals surface area contributed by atoms with Crippen LogP contribution in [-0.2, 0) is 22.4 Å². The van der Waals surface area contributed by atoms with Crippen molar-refractivity contribution in [3.05, 3.63) is 71.8 Å². The molecule has 176 valence electrons. The third-order valence-corrected chi connectivity index (χ3v) is 3.35. The SMILES string of the molecule is F[Si-2](F)(F)(F)(F)F.[NH3+][C@@H](Cc1ccccc1)C(=O)O.[NH3+][C@H](Cc1ccccc1)C(=O)O. The van der Waals surface area contributed by atoms with E-state index in [0.717, 1.165) is 11.1 Å². The smallest absolute Gasteiger partial charge is 0.362 e. The van der Waals surface area contributed by atoms with Crippen LogP contribution < -0.4 is 11.5 Å². The van der Waals surface area contributed by atoms with Crippen LogP contribution >= 0.6 is 0 Å². The monoisotopic (exact) mass is 474 g/mol. The topological polar surface area (TPSA) is 130 Å². The standard InChI is InChI=1S/2C9H11NO2.F6Si/c2*10-8(9(11)12)6-7-4-2-1-3-5-7;1-7(2,3,4,5)6/h2*1-5,8H,6,10H2,(H,11,12);/q;;-2/p+2/t2*8-;/m10./s1. The molecule has 2 rings (SSSR count). The van der Waals surface area contributed by atoms with E-state index < -0.39 is 32.7 Å². The predicted octanol–water partition coefficient (Wildman–Crippen LogP) is 1.99. The molecule has 0 amide bonds. The van der Waals surface area contributed by atoms with Crippen molar-refractivity contribution in [2.75, 3.05) is 0 Å². The first-order chi connectivity index (χ1) is 13.8. The van der Waals surface area contributed by atoms with Crippen LogP contribution in [-0.4, -0.2) is 42.9 Å². The van der Waals surface area contributed by atoms with Gasteiger partial charge in [-0.3, -0.25) is 0 Å². The second kappa shape index (κ2) is 10.4. The van der Waals surface area contributed by atoms with Crippen molar-refractivity contribution in [2.45, 2.75) is 24.9 Å². The fourth-order valence-electron chi connectivity index (χ4n) is 1.97. The number of aliphatic carboxylic acids is 2. The largest absolute Gasteiger partial charge is 0.477 e. The van der Waals surface area contributed by atoms with E-state index in [2.05, 4.69) is 11.5 Å². The summed E-state index contributed by atoms with van der Waals surface area (Å²) in [5, 5.41) is 17.2. The van der Waals surface area contributed by atoms with E-state index >= 15 is 0 Å². The Kier molecular flexibility index (Phi) is 9.44. The number of quaternary nitrogens is 2. The van der Waals surface area contributed by atoms with Gasteiger partial charge in [0, 0.05) is 12.8 Å². The van der Waals surface area contributed by atoms with Crippen molar-refractivity contribution in [1.82, 2.24) is 0 Å². The molecule has 2 aromatic rings. The van der Waals surface area contributed by atoms with E-state index in [9.17, 15) is 34.2 Å². The zero-order chi connectivity index (χ0) is 24.4. The average Bonchev–Trinajstić information content (AvgIpc) is 2.61. The first-order valence-electron chi connectivity index (χ1n) is 8.73. The number of carboxylic acid groups (broad SMARTS) is 2. The van der Waals surface area contributed by atoms with E-state index in [0.29, 0.717) is 12.8 Å². The Labute approximate surface area is 174 Å². The van der Waals surface area contributed by atoms with Gasteiger partial charge in [-0.25, -0.2) is 9.59 Å². The fraction of sp³-hybridized carbons (Fsp3) is 0.222. The fourth-order valence-corrected chi connectivity index (χ4v) is 1.97. The van der Waals surface area contributed by atoms with E-state index in [-0.39, 0.29) is 0 Å². The minimum Gasteiger partial charge on any atom is -0.477 e. The van der Waals surface area contributed by atoms with Crippen LogP contribution in [0.5, 0.6) is 0 Å². The molecule has 0 radical (unpaired) electrons. The molecule has 13 heteroatoms. The molecule has 0 aliphatic rings. The Bertz CT molecular complexity index is 768. The number of benzene rings is 2. The van der Waals surface area contributed by atoms with Gasteiger partial charge in [-0.1, -0.05) is 60.7 Å². The third kappa shape index (κ3) is 20.2. The molecule has 0 bridgehead atoms. The van der Waals surface area contributed by atoms with Gasteiger partial charge in [-0.15, -0.1) is 0 Å². The molecule has 0 heterocycles. The van der Waals surface area contributed by atoms with Gasteiger partial charge in [0.1, 0.15) is 0 Å². The van der Waals surface area contributed by atoms with E-state index in [1.54, 1.807) is 0 Å². The van der Waals surface area contributed by atoms with Crippen LogP contribution in [0.3, 0.4) is 0 Å². The van der Waals surface area contributed by atoms with Gasteiger partial charge in [0.25, 0.3) is 0 Å². The molecule has 0 aromatic heterocycles. The molecule has 0 spiro atoms. The van der Waals surface area contributed by atoms with E-state index in [4.69, 9.17) is 10.2 Å². The number of carboxylic acids is 2. The van der Waals surface area contributed by atoms with Gasteiger partial charge in [-0.05, 0) is 11.1 Å². The van der Waals surface area contributed by atoms with Gasteiger partial charge in [-0.2, -0.15) is 0 Å². The Morgan fingerprint density at radius 3 is 1.10 bits per heavy atom. The van der Waals surface area contributed by atoms with Crippen molar-refractivity contribution in [1.29, 1.82) is 0 Å². The normalized spacial score (nSPS) is 14.8. The van der Waals surface area contributed by atoms with Gasteiger partial charge in [0.15, 0.2) is 12.1 Å². The van der Waals surface area contributed by atoms with Gasteiger partial charge in [0.2, 0.25) is 0 Å². The van der Waals surface area contributed by atoms with Gasteiger partial charge in [0.05, 0.1) is 0 Å². The zero-order valence-electron chi connectivity index (χ0n) is 16.2. The first kappa shape index (κ1) is 28.1. The molecule has 2 aromatic carbocycles. The summed E-state index contributed by atoms with van der Waals surface area (Å²) in [5.41, 5.74) is 9.09. The van der Waals surface area contributed by atoms with Crippen LogP contribution in [0, 0.1) is 0 Å². The van der Waals surface area contributed by atoms with Crippen molar-refractivity contribution in [2.24, 2.45) is 0 Å². The first-order valence-corrected chi connectivity index (χ1v) is 11.0. The second-order valence-electron chi connectivity index (χ2n) is 6.52. The summed E-state index contributed by atoms with van der Waals surface area (Å²) in [4.78, 5) is 20.9. The Morgan fingerprint density at radius 1 is 0.677 bits per heavy atom. The number of carbonyl (C=O) groups is 2. The van der Waals surface area contributed by atoms with Crippen molar-refractivity contribution < 1.29 is 55.9 Å². The molecule has 0 saturated carbocycles. The molecule has 8 N–H and O–H groups in total. The number of halogens is 6. The van der Waals surface area contributed by atoms with Crippen LogP contribution in [0.2, 0.25) is 0 Å². The summed E-state index contributed by atoms with van der Waals surface area (Å²) in [6.45, 7) is 0. The molecule has 31 heavy (non-hydrogen) atoms. The second-order valence-corrected chi connectivity index (χ2v) is 8.66. The molecule has 0 fully saturated rings. The summed E-state index contributed by atoms with van der Waals surface area (Å²) in [5.74, 6) is -1.70. The molecular weight excluding hydrogens is 450 g/mol. The van der Waals surface area contributed by atoms with E-state index in [1.807, 2.05) is 60.7 Å². The zero-order valence-corrected chi connectivity index (χ0v) is 17.2. The number of hydrogen-bond acceptors (Lipinski definition) is 2. The molecule has 0 aliphatic carbocycles. The van der Waals surface area contributed by atoms with E-state index in [1.165, 1.54) is 0 Å². The molecule has 6 nitrogen and oxygen atoms in total. The average molecular weight is 474 g/mol. The van der Waals surface area contributed by atoms with Crippen LogP contribution in [0.25, 0.3) is 0 Å². The van der Waals surface area contributed by atoms with Crippen molar-refractivity contribution >= 4 is 20.6 Å². The molecule has 2 atom stereocenters. The Morgan fingerprint density at radius 2 is 0.903 bits per heavy atom. The third-order valence-electron chi connectivity index (χ3n) is 3.35. The van der Waals surface area contributed by atoms with Crippen molar-refractivity contribution in [3.8, 4) is 0 Å². The summed E-state index contributed by atoms with van der Waals surface area (Å²) in [6.07, 6.45) is 0.992. The van der Waals surface area contributed by atoms with Crippen LogP contribution in [0.15, 0.2) is 60.7 Å². The Hall–Kier alpha value is -2.90. The summed E-state index contributed by atoms with van der Waals surface area (Å²) in [6, 6.07) is 17.9.